The summed E-state index contributed by atoms with van der Waals surface area (Å²) in [5, 5.41) is 21.2. The van der Waals surface area contributed by atoms with Gasteiger partial charge in [0.2, 0.25) is 5.91 Å². The van der Waals surface area contributed by atoms with Crippen molar-refractivity contribution in [1.29, 1.82) is 0 Å². The Morgan fingerprint density at radius 1 is 1.36 bits per heavy atom. The van der Waals surface area contributed by atoms with E-state index in [2.05, 4.69) is 5.32 Å². The number of hydrogen-bond donors (Lipinski definition) is 3. The molecule has 0 aromatic heterocycles. The lowest BCUT2D eigenvalue weighted by Crippen LogP contribution is -2.46. The first-order chi connectivity index (χ1) is 12.1. The van der Waals surface area contributed by atoms with Crippen LogP contribution in [0.2, 0.25) is 0 Å². The fourth-order valence-electron chi connectivity index (χ4n) is 4.16. The van der Waals surface area contributed by atoms with Crippen molar-refractivity contribution < 1.29 is 29.0 Å². The summed E-state index contributed by atoms with van der Waals surface area (Å²) in [5.41, 5.74) is 1.04. The van der Waals surface area contributed by atoms with Crippen molar-refractivity contribution in [3.05, 3.63) is 29.8 Å². The Kier molecular flexibility index (Phi) is 4.68. The molecule has 2 fully saturated rings. The molecule has 3 aliphatic heterocycles. The highest BCUT2D eigenvalue weighted by Gasteiger charge is 2.45. The Bertz CT molecular complexity index is 641. The molecule has 2 saturated heterocycles. The minimum absolute atomic E-state index is 0.0246. The topological polar surface area (TPSA) is 97.3 Å². The molecule has 0 unspecified atom stereocenters. The molecule has 2 bridgehead atoms. The predicted molar refractivity (Wildman–Crippen MR) is 88.5 cm³/mol. The summed E-state index contributed by atoms with van der Waals surface area (Å²) in [6, 6.07) is 7.72. The maximum absolute atomic E-state index is 12.6. The van der Waals surface area contributed by atoms with E-state index in [0.717, 1.165) is 30.6 Å². The third-order valence-electron chi connectivity index (χ3n) is 5.33. The normalized spacial score (nSPS) is 30.6. The monoisotopic (exact) mass is 347 g/mol. The summed E-state index contributed by atoms with van der Waals surface area (Å²) in [5.74, 6) is 0.512. The quantitative estimate of drug-likeness (QED) is 0.514. The molecule has 0 spiro atoms. The number of ether oxygens (including phenoxy) is 2. The van der Waals surface area contributed by atoms with Crippen LogP contribution in [0.3, 0.4) is 0 Å². The summed E-state index contributed by atoms with van der Waals surface area (Å²) >= 11 is 0. The predicted octanol–water partition coefficient (Wildman–Crippen LogP) is 0.549. The van der Waals surface area contributed by atoms with Gasteiger partial charge in [0.1, 0.15) is 12.0 Å². The number of amides is 1. The molecule has 8 heteroatoms. The Labute approximate surface area is 146 Å². The number of carbonyl (C=O) groups excluding carboxylic acids is 1. The molecule has 0 saturated carbocycles. The molecule has 1 aromatic carbocycles. The van der Waals surface area contributed by atoms with E-state index in [1.165, 1.54) is 0 Å². The van der Waals surface area contributed by atoms with E-state index >= 15 is 0 Å². The lowest BCUT2D eigenvalue weighted by Gasteiger charge is -2.25. The Morgan fingerprint density at radius 3 is 2.92 bits per heavy atom. The zero-order valence-electron chi connectivity index (χ0n) is 13.8. The molecule has 3 aliphatic rings. The third kappa shape index (κ3) is 3.53. The molecule has 4 rings (SSSR count). The van der Waals surface area contributed by atoms with Gasteiger partial charge in [0.25, 0.3) is 0 Å². The first-order valence-corrected chi connectivity index (χ1v) is 8.79. The maximum Gasteiger partial charge on any atom is 0.635 e. The first kappa shape index (κ1) is 16.8. The smallest absolute Gasteiger partial charge is 0.493 e. The lowest BCUT2D eigenvalue weighted by molar-refractivity contribution is -0.129. The van der Waals surface area contributed by atoms with Crippen molar-refractivity contribution in [2.75, 3.05) is 6.61 Å². The Hall–Kier alpha value is -1.61. The van der Waals surface area contributed by atoms with Crippen molar-refractivity contribution in [1.82, 2.24) is 5.32 Å². The van der Waals surface area contributed by atoms with Crippen LogP contribution in [0.15, 0.2) is 24.3 Å². The molecule has 5 atom stereocenters. The van der Waals surface area contributed by atoms with Crippen molar-refractivity contribution >= 4 is 13.2 Å². The molecule has 0 radical (unpaired) electrons. The number of para-hydroxylation sites is 1. The zero-order chi connectivity index (χ0) is 17.4. The molecular formula is C17H22BNO6. The van der Waals surface area contributed by atoms with E-state index in [1.807, 2.05) is 24.3 Å². The summed E-state index contributed by atoms with van der Waals surface area (Å²) in [4.78, 5) is 12.6. The van der Waals surface area contributed by atoms with Crippen LogP contribution in [0.4, 0.5) is 0 Å². The number of fused-ring (bicyclic) bond motifs is 3. The Balaban J connectivity index is 1.41. The van der Waals surface area contributed by atoms with Crippen LogP contribution in [0.1, 0.15) is 37.2 Å². The molecular weight excluding hydrogens is 325 g/mol. The van der Waals surface area contributed by atoms with Gasteiger partial charge in [-0.3, -0.25) is 4.79 Å². The fraction of sp³-hybridized carbons (Fsp3) is 0.588. The average molecular weight is 347 g/mol. The number of carbonyl (C=O) groups is 1. The van der Waals surface area contributed by atoms with Crippen LogP contribution in [-0.2, 0) is 14.2 Å². The van der Waals surface area contributed by atoms with Gasteiger partial charge in [-0.1, -0.05) is 18.2 Å². The average Bonchev–Trinajstić information content (AvgIpc) is 3.30. The summed E-state index contributed by atoms with van der Waals surface area (Å²) in [6.45, 7) is 0.480. The van der Waals surface area contributed by atoms with Gasteiger partial charge in [-0.2, -0.15) is 0 Å². The van der Waals surface area contributed by atoms with Crippen molar-refractivity contribution in [3.8, 4) is 5.75 Å². The van der Waals surface area contributed by atoms with Crippen LogP contribution < -0.4 is 10.1 Å². The minimum atomic E-state index is -1.95. The highest BCUT2D eigenvalue weighted by atomic mass is 16.6. The molecule has 25 heavy (non-hydrogen) atoms. The van der Waals surface area contributed by atoms with E-state index in [1.54, 1.807) is 0 Å². The third-order valence-corrected chi connectivity index (χ3v) is 5.33. The maximum atomic E-state index is 12.6. The molecule has 1 aromatic rings. The van der Waals surface area contributed by atoms with Gasteiger partial charge in [-0.25, -0.2) is 0 Å². The SMILES string of the molecule is O=C(N[C@H](C[C@H]1COc2ccccc21)OB(O)O)[C@H]1C[C@H]2CC[C@@H]1O2. The molecule has 3 heterocycles. The molecule has 3 N–H and O–H groups in total. The van der Waals surface area contributed by atoms with Crippen LogP contribution in [0.5, 0.6) is 5.75 Å². The highest BCUT2D eigenvalue weighted by Crippen LogP contribution is 2.39. The largest absolute Gasteiger partial charge is 0.635 e. The lowest BCUT2D eigenvalue weighted by atomic mass is 9.88. The molecule has 134 valence electrons. The van der Waals surface area contributed by atoms with Gasteiger partial charge in [0.15, 0.2) is 0 Å². The number of rotatable bonds is 6. The fourth-order valence-corrected chi connectivity index (χ4v) is 4.16. The van der Waals surface area contributed by atoms with Crippen LogP contribution in [0, 0.1) is 5.92 Å². The summed E-state index contributed by atoms with van der Waals surface area (Å²) < 4.78 is 16.5. The second-order valence-corrected chi connectivity index (χ2v) is 6.96. The van der Waals surface area contributed by atoms with Gasteiger partial charge < -0.3 is 29.5 Å². The molecule has 1 amide bonds. The highest BCUT2D eigenvalue weighted by molar-refractivity contribution is 6.32. The number of hydrogen-bond acceptors (Lipinski definition) is 6. The Morgan fingerprint density at radius 2 is 2.20 bits per heavy atom. The number of benzene rings is 1. The van der Waals surface area contributed by atoms with Gasteiger partial charge in [0, 0.05) is 17.9 Å². The van der Waals surface area contributed by atoms with Gasteiger partial charge in [0.05, 0.1) is 24.7 Å². The van der Waals surface area contributed by atoms with Crippen molar-refractivity contribution in [3.63, 3.8) is 0 Å². The van der Waals surface area contributed by atoms with Gasteiger partial charge in [-0.15, -0.1) is 0 Å². The van der Waals surface area contributed by atoms with Crippen LogP contribution in [-0.4, -0.2) is 48.3 Å². The van der Waals surface area contributed by atoms with E-state index in [9.17, 15) is 14.8 Å². The van der Waals surface area contributed by atoms with E-state index in [4.69, 9.17) is 14.1 Å². The van der Waals surface area contributed by atoms with Crippen LogP contribution in [0.25, 0.3) is 0 Å². The van der Waals surface area contributed by atoms with Gasteiger partial charge in [-0.05, 0) is 25.3 Å². The van der Waals surface area contributed by atoms with Gasteiger partial charge >= 0.3 is 7.32 Å². The van der Waals surface area contributed by atoms with Crippen LogP contribution >= 0.6 is 0 Å². The standard InChI is InChI=1S/C17H22BNO6/c20-17(13-8-11-5-6-15(13)24-11)19-16(25-18(21)22)7-10-9-23-14-4-2-1-3-12(10)14/h1-4,10-11,13,15-16,21-22H,5-9H2,(H,19,20)/t10-,11+,13-,15-,16-/m0/s1. The number of nitrogens with one attached hydrogen (secondary N) is 1. The summed E-state index contributed by atoms with van der Waals surface area (Å²) in [7, 11) is -1.95. The molecule has 0 aliphatic carbocycles. The first-order valence-electron chi connectivity index (χ1n) is 8.79. The second-order valence-electron chi connectivity index (χ2n) is 6.96. The zero-order valence-corrected chi connectivity index (χ0v) is 13.8. The van der Waals surface area contributed by atoms with Crippen molar-refractivity contribution in [2.45, 2.75) is 50.0 Å². The van der Waals surface area contributed by atoms with E-state index < -0.39 is 13.5 Å². The minimum Gasteiger partial charge on any atom is -0.493 e. The second kappa shape index (κ2) is 6.95. The molecule has 7 nitrogen and oxygen atoms in total. The summed E-state index contributed by atoms with van der Waals surface area (Å²) in [6.07, 6.45) is 2.40. The van der Waals surface area contributed by atoms with E-state index in [-0.39, 0.29) is 30.0 Å². The van der Waals surface area contributed by atoms with Crippen molar-refractivity contribution in [2.24, 2.45) is 5.92 Å². The van der Waals surface area contributed by atoms with E-state index in [0.29, 0.717) is 13.0 Å².